The van der Waals surface area contributed by atoms with Crippen molar-refractivity contribution in [1.82, 2.24) is 15.0 Å². The lowest BCUT2D eigenvalue weighted by atomic mass is 9.95. The highest BCUT2D eigenvalue weighted by atomic mass is 32.1. The van der Waals surface area contributed by atoms with Gasteiger partial charge in [0.05, 0.1) is 38.9 Å². The van der Waals surface area contributed by atoms with Crippen molar-refractivity contribution in [3.63, 3.8) is 0 Å². The number of nitrogens with zero attached hydrogens (tertiary/aromatic N) is 4. The number of nitrogens with one attached hydrogen (secondary N) is 1. The first kappa shape index (κ1) is 31.1. The van der Waals surface area contributed by atoms with E-state index in [9.17, 15) is 4.79 Å². The van der Waals surface area contributed by atoms with Gasteiger partial charge in [-0.15, -0.1) is 11.3 Å². The van der Waals surface area contributed by atoms with E-state index in [1.807, 2.05) is 73.3 Å². The van der Waals surface area contributed by atoms with Crippen molar-refractivity contribution in [3.05, 3.63) is 87.7 Å². The minimum Gasteiger partial charge on any atom is -0.497 e. The third-order valence-electron chi connectivity index (χ3n) is 8.26. The lowest BCUT2D eigenvalue weighted by Gasteiger charge is -2.19. The van der Waals surface area contributed by atoms with Crippen LogP contribution < -0.4 is 29.1 Å². The number of rotatable bonds is 10. The number of pyridine rings is 1. The molecule has 0 fully saturated rings. The number of ether oxygens (including phenoxy) is 5. The van der Waals surface area contributed by atoms with Gasteiger partial charge in [-0.3, -0.25) is 4.79 Å². The third kappa shape index (κ3) is 5.55. The Kier molecular flexibility index (Phi) is 8.36. The zero-order chi connectivity index (χ0) is 33.4. The maximum atomic E-state index is 13.8. The average molecular weight is 668 g/mol. The van der Waals surface area contributed by atoms with Gasteiger partial charge in [0.15, 0.2) is 11.5 Å². The van der Waals surface area contributed by atoms with Gasteiger partial charge in [-0.2, -0.15) is 5.10 Å². The molecule has 3 aromatic heterocycles. The van der Waals surface area contributed by atoms with E-state index in [-0.39, 0.29) is 18.8 Å². The molecule has 2 aliphatic rings. The molecule has 1 atom stereocenters. The van der Waals surface area contributed by atoms with Crippen molar-refractivity contribution in [2.75, 3.05) is 28.1 Å². The van der Waals surface area contributed by atoms with E-state index in [1.54, 1.807) is 14.2 Å². The van der Waals surface area contributed by atoms with Crippen molar-refractivity contribution in [2.24, 2.45) is 10.3 Å². The lowest BCUT2D eigenvalue weighted by molar-refractivity contribution is 0.0853. The quantitative estimate of drug-likeness (QED) is 0.143. The molecule has 13 heteroatoms. The maximum Gasteiger partial charge on any atom is 0.283 e. The van der Waals surface area contributed by atoms with E-state index >= 15 is 0 Å². The Balaban J connectivity index is 1.21. The SMILES string of the molecule is COc1ccc(C2=NO[C@H](Cc3c(/C=N\NC(=O)c4sc5nc(C)cc(C)c5c4-n4cccc4)c(OC)c4c(c3OC)OCO4)C2)cc1. The number of carbonyl (C=O) groups is 1. The van der Waals surface area contributed by atoms with Crippen molar-refractivity contribution in [3.8, 4) is 34.4 Å². The molecule has 5 aromatic rings. The molecule has 48 heavy (non-hydrogen) atoms. The Morgan fingerprint density at radius 1 is 1.06 bits per heavy atom. The van der Waals surface area contributed by atoms with Crippen LogP contribution in [0.1, 0.15) is 44.0 Å². The second-order valence-corrected chi connectivity index (χ2v) is 12.3. The maximum absolute atomic E-state index is 13.8. The Labute approximate surface area is 280 Å². The van der Waals surface area contributed by atoms with Crippen molar-refractivity contribution in [1.29, 1.82) is 0 Å². The minimum absolute atomic E-state index is 0.00448. The second kappa shape index (κ2) is 12.9. The largest absolute Gasteiger partial charge is 0.497 e. The van der Waals surface area contributed by atoms with Gasteiger partial charge in [-0.1, -0.05) is 5.16 Å². The van der Waals surface area contributed by atoms with Crippen LogP contribution in [0.3, 0.4) is 0 Å². The molecular formula is C35H33N5O7S. The molecule has 2 aliphatic heterocycles. The van der Waals surface area contributed by atoms with Gasteiger partial charge in [0, 0.05) is 47.4 Å². The minimum atomic E-state index is -0.375. The summed E-state index contributed by atoms with van der Waals surface area (Å²) < 4.78 is 30.5. The van der Waals surface area contributed by atoms with E-state index in [2.05, 4.69) is 15.7 Å². The summed E-state index contributed by atoms with van der Waals surface area (Å²) in [5.41, 5.74) is 8.42. The number of fused-ring (bicyclic) bond motifs is 2. The monoisotopic (exact) mass is 667 g/mol. The number of hydrazone groups is 1. The zero-order valence-electron chi connectivity index (χ0n) is 27.0. The summed E-state index contributed by atoms with van der Waals surface area (Å²) in [5.74, 6) is 2.08. The first-order valence-electron chi connectivity index (χ1n) is 15.2. The molecule has 0 saturated heterocycles. The van der Waals surface area contributed by atoms with Crippen LogP contribution in [0.4, 0.5) is 0 Å². The second-order valence-electron chi connectivity index (χ2n) is 11.3. The summed E-state index contributed by atoms with van der Waals surface area (Å²) in [6.07, 6.45) is 5.97. The van der Waals surface area contributed by atoms with Gasteiger partial charge in [0.1, 0.15) is 21.6 Å². The van der Waals surface area contributed by atoms with E-state index in [4.69, 9.17) is 33.5 Å². The van der Waals surface area contributed by atoms with Gasteiger partial charge in [0.2, 0.25) is 18.3 Å². The molecule has 5 heterocycles. The first-order chi connectivity index (χ1) is 23.4. The molecule has 0 aliphatic carbocycles. The standard InChI is InChI=1S/C35H33N5O7S/c1-19-14-20(2)37-35-27(19)28(40-12-6-7-13-40)33(48-35)34(41)38-36-17-25-24(29(43-4)31-32(30(25)44-5)46-18-45-31)15-23-16-26(39-47-23)21-8-10-22(42-3)11-9-21/h6-14,17,23H,15-16,18H2,1-5H3,(H,38,41)/b36-17-/t23-/m1/s1. The van der Waals surface area contributed by atoms with Crippen LogP contribution in [-0.2, 0) is 11.3 Å². The Bertz CT molecular complexity index is 2070. The molecule has 246 valence electrons. The summed E-state index contributed by atoms with van der Waals surface area (Å²) in [6.45, 7) is 3.97. The number of hydrogen-bond donors (Lipinski definition) is 1. The summed E-state index contributed by atoms with van der Waals surface area (Å²) in [7, 11) is 4.73. The van der Waals surface area contributed by atoms with Crippen LogP contribution in [0, 0.1) is 13.8 Å². The molecule has 0 unspecified atom stereocenters. The fourth-order valence-corrected chi connectivity index (χ4v) is 7.31. The van der Waals surface area contributed by atoms with E-state index < -0.39 is 0 Å². The topological polar surface area (TPSA) is 127 Å². The lowest BCUT2D eigenvalue weighted by Crippen LogP contribution is -2.19. The molecular weight excluding hydrogens is 634 g/mol. The zero-order valence-corrected chi connectivity index (χ0v) is 27.8. The van der Waals surface area contributed by atoms with Crippen molar-refractivity contribution in [2.45, 2.75) is 32.8 Å². The summed E-state index contributed by atoms with van der Waals surface area (Å²) in [4.78, 5) is 25.6. The number of benzene rings is 2. The van der Waals surface area contributed by atoms with Crippen LogP contribution in [0.5, 0.6) is 28.7 Å². The molecule has 12 nitrogen and oxygen atoms in total. The Morgan fingerprint density at radius 3 is 2.50 bits per heavy atom. The third-order valence-corrected chi connectivity index (χ3v) is 9.33. The highest BCUT2D eigenvalue weighted by molar-refractivity contribution is 7.21. The van der Waals surface area contributed by atoms with Crippen LogP contribution in [0.2, 0.25) is 0 Å². The van der Waals surface area contributed by atoms with Gasteiger partial charge in [-0.25, -0.2) is 10.4 Å². The highest BCUT2D eigenvalue weighted by Gasteiger charge is 2.34. The van der Waals surface area contributed by atoms with Gasteiger partial charge >= 0.3 is 0 Å². The van der Waals surface area contributed by atoms with Crippen LogP contribution >= 0.6 is 11.3 Å². The number of hydrogen-bond acceptors (Lipinski definition) is 11. The molecule has 0 radical (unpaired) electrons. The molecule has 7 rings (SSSR count). The molecule has 1 N–H and O–H groups in total. The van der Waals surface area contributed by atoms with E-state index in [0.29, 0.717) is 51.8 Å². The molecule has 1 amide bonds. The van der Waals surface area contributed by atoms with E-state index in [1.165, 1.54) is 24.7 Å². The first-order valence-corrected chi connectivity index (χ1v) is 16.0. The Hall–Kier alpha value is -5.56. The average Bonchev–Trinajstić information content (AvgIpc) is 3.91. The van der Waals surface area contributed by atoms with Crippen molar-refractivity contribution < 1.29 is 33.3 Å². The number of aryl methyl sites for hydroxylation is 2. The number of aromatic nitrogens is 2. The molecule has 0 saturated carbocycles. The number of carbonyl (C=O) groups excluding carboxylic acids is 1. The Morgan fingerprint density at radius 2 is 1.79 bits per heavy atom. The summed E-state index contributed by atoms with van der Waals surface area (Å²) >= 11 is 1.32. The van der Waals surface area contributed by atoms with Gasteiger partial charge < -0.3 is 33.1 Å². The fraction of sp³-hybridized carbons (Fsp3) is 0.257. The highest BCUT2D eigenvalue weighted by Crippen LogP contribution is 2.52. The normalized spacial score (nSPS) is 15.1. The smallest absolute Gasteiger partial charge is 0.283 e. The molecule has 0 bridgehead atoms. The predicted molar refractivity (Wildman–Crippen MR) is 182 cm³/mol. The number of oxime groups is 1. The number of methoxy groups -OCH3 is 3. The molecule has 0 spiro atoms. The van der Waals surface area contributed by atoms with Crippen molar-refractivity contribution >= 4 is 39.4 Å². The van der Waals surface area contributed by atoms with Gasteiger partial charge in [-0.05, 0) is 67.4 Å². The number of thiophene rings is 1. The van der Waals surface area contributed by atoms with Crippen LogP contribution in [0.25, 0.3) is 15.9 Å². The molecule has 2 aromatic carbocycles. The summed E-state index contributed by atoms with van der Waals surface area (Å²) in [6, 6.07) is 13.5. The number of amides is 1. The van der Waals surface area contributed by atoms with Gasteiger partial charge in [0.25, 0.3) is 5.91 Å². The van der Waals surface area contributed by atoms with Crippen LogP contribution in [-0.4, -0.2) is 61.6 Å². The summed E-state index contributed by atoms with van der Waals surface area (Å²) in [5, 5.41) is 9.71. The van der Waals surface area contributed by atoms with Crippen LogP contribution in [0.15, 0.2) is 65.1 Å². The fourth-order valence-electron chi connectivity index (χ4n) is 6.12. The predicted octanol–water partition coefficient (Wildman–Crippen LogP) is 5.96. The van der Waals surface area contributed by atoms with E-state index in [0.717, 1.165) is 44.2 Å².